The molecule has 0 saturated heterocycles. The molecule has 0 spiro atoms. The minimum Gasteiger partial charge on any atom is -0.489 e. The van der Waals surface area contributed by atoms with Crippen LogP contribution in [0.4, 0.5) is 0 Å². The first-order valence-corrected chi connectivity index (χ1v) is 10.6. The van der Waals surface area contributed by atoms with Gasteiger partial charge in [0.1, 0.15) is 24.2 Å². The largest absolute Gasteiger partial charge is 0.489 e. The first kappa shape index (κ1) is 24.4. The summed E-state index contributed by atoms with van der Waals surface area (Å²) < 4.78 is 8.03. The lowest BCUT2D eigenvalue weighted by Gasteiger charge is -2.26. The molecule has 1 fully saturated rings. The van der Waals surface area contributed by atoms with Crippen molar-refractivity contribution in [2.24, 2.45) is 12.0 Å². The Hall–Kier alpha value is -1.84. The van der Waals surface area contributed by atoms with Gasteiger partial charge in [-0.1, -0.05) is 31.4 Å². The fourth-order valence-electron chi connectivity index (χ4n) is 3.53. The van der Waals surface area contributed by atoms with Gasteiger partial charge in [0.25, 0.3) is 0 Å². The van der Waals surface area contributed by atoms with Crippen molar-refractivity contribution < 1.29 is 4.74 Å². The number of aromatic nitrogens is 3. The summed E-state index contributed by atoms with van der Waals surface area (Å²) in [5, 5.41) is 15.4. The molecule has 1 aromatic heterocycles. The quantitative estimate of drug-likeness (QED) is 0.326. The summed E-state index contributed by atoms with van der Waals surface area (Å²) in [6.45, 7) is 7.25. The van der Waals surface area contributed by atoms with Crippen molar-refractivity contribution in [3.63, 3.8) is 0 Å². The minimum absolute atomic E-state index is 0. The Kier molecular flexibility index (Phi) is 9.87. The van der Waals surface area contributed by atoms with E-state index in [1.54, 1.807) is 0 Å². The van der Waals surface area contributed by atoms with Gasteiger partial charge in [-0.15, -0.1) is 34.2 Å². The standard InChI is InChI=1S/C22H34N6O.HI/c1-16-9-8-12-20(13-16)29-17(2)14-23-22(25-19-10-6-5-7-11-19)24-15-21-27-26-18(3)28(21)4;/h8-9,12-13,17,19H,5-7,10-11,14-15H2,1-4H3,(H2,23,24,25);1H. The van der Waals surface area contributed by atoms with E-state index in [0.717, 1.165) is 23.4 Å². The number of ether oxygens (including phenoxy) is 1. The number of aryl methyl sites for hydroxylation is 2. The Morgan fingerprint density at radius 1 is 1.23 bits per heavy atom. The number of aliphatic imine (C=N–C) groups is 1. The van der Waals surface area contributed by atoms with Crippen LogP contribution < -0.4 is 15.4 Å². The highest BCUT2D eigenvalue weighted by Gasteiger charge is 2.16. The number of hydrogen-bond donors (Lipinski definition) is 2. The molecule has 1 unspecified atom stereocenters. The molecule has 1 atom stereocenters. The molecule has 1 heterocycles. The third-order valence-electron chi connectivity index (χ3n) is 5.39. The predicted octanol–water partition coefficient (Wildman–Crippen LogP) is 3.89. The molecule has 0 amide bonds. The SMILES string of the molecule is Cc1cccc(OC(C)CNC(=NCc2nnc(C)n2C)NC2CCCCC2)c1.I. The average Bonchev–Trinajstić information content (AvgIpc) is 3.03. The van der Waals surface area contributed by atoms with E-state index in [4.69, 9.17) is 9.73 Å². The van der Waals surface area contributed by atoms with Gasteiger partial charge in [-0.3, -0.25) is 0 Å². The zero-order valence-electron chi connectivity index (χ0n) is 18.5. The fourth-order valence-corrected chi connectivity index (χ4v) is 3.53. The van der Waals surface area contributed by atoms with E-state index in [1.807, 2.05) is 30.7 Å². The molecule has 1 saturated carbocycles. The number of rotatable bonds is 7. The van der Waals surface area contributed by atoms with E-state index in [1.165, 1.54) is 37.7 Å². The second-order valence-electron chi connectivity index (χ2n) is 7.99. The van der Waals surface area contributed by atoms with Gasteiger partial charge in [0.15, 0.2) is 11.8 Å². The Balaban J connectivity index is 0.00000320. The molecule has 0 bridgehead atoms. The molecule has 30 heavy (non-hydrogen) atoms. The second kappa shape index (κ2) is 12.1. The predicted molar refractivity (Wildman–Crippen MR) is 132 cm³/mol. The van der Waals surface area contributed by atoms with Crippen molar-refractivity contribution in [3.8, 4) is 5.75 Å². The van der Waals surface area contributed by atoms with E-state index in [-0.39, 0.29) is 30.1 Å². The lowest BCUT2D eigenvalue weighted by molar-refractivity contribution is 0.223. The van der Waals surface area contributed by atoms with E-state index in [0.29, 0.717) is 19.1 Å². The molecule has 1 aliphatic rings. The van der Waals surface area contributed by atoms with Crippen LogP contribution in [0.3, 0.4) is 0 Å². The lowest BCUT2D eigenvalue weighted by Crippen LogP contribution is -2.46. The summed E-state index contributed by atoms with van der Waals surface area (Å²) >= 11 is 0. The first-order valence-electron chi connectivity index (χ1n) is 10.6. The molecule has 2 N–H and O–H groups in total. The molecule has 166 valence electrons. The Labute approximate surface area is 197 Å². The van der Waals surface area contributed by atoms with Gasteiger partial charge in [0.2, 0.25) is 0 Å². The zero-order chi connectivity index (χ0) is 20.6. The van der Waals surface area contributed by atoms with Crippen LogP contribution in [-0.4, -0.2) is 39.4 Å². The molecule has 0 aliphatic heterocycles. The number of nitrogens with zero attached hydrogens (tertiary/aromatic N) is 4. The molecule has 7 nitrogen and oxygen atoms in total. The third-order valence-corrected chi connectivity index (χ3v) is 5.39. The Morgan fingerprint density at radius 3 is 2.67 bits per heavy atom. The van der Waals surface area contributed by atoms with Gasteiger partial charge in [0.05, 0.1) is 6.54 Å². The number of nitrogens with one attached hydrogen (secondary N) is 2. The van der Waals surface area contributed by atoms with E-state index < -0.39 is 0 Å². The molecular weight excluding hydrogens is 491 g/mol. The van der Waals surface area contributed by atoms with Crippen LogP contribution in [0, 0.1) is 13.8 Å². The van der Waals surface area contributed by atoms with Crippen molar-refractivity contribution in [1.29, 1.82) is 0 Å². The van der Waals surface area contributed by atoms with Gasteiger partial charge in [-0.05, 0) is 51.3 Å². The first-order chi connectivity index (χ1) is 14.0. The van der Waals surface area contributed by atoms with Gasteiger partial charge in [-0.2, -0.15) is 0 Å². The van der Waals surface area contributed by atoms with Crippen molar-refractivity contribution in [2.75, 3.05) is 6.54 Å². The van der Waals surface area contributed by atoms with E-state index >= 15 is 0 Å². The minimum atomic E-state index is 0. The zero-order valence-corrected chi connectivity index (χ0v) is 20.8. The average molecular weight is 526 g/mol. The normalized spacial score (nSPS) is 15.9. The molecule has 1 aliphatic carbocycles. The van der Waals surface area contributed by atoms with Crippen LogP contribution in [-0.2, 0) is 13.6 Å². The smallest absolute Gasteiger partial charge is 0.192 e. The van der Waals surface area contributed by atoms with Gasteiger partial charge < -0.3 is 19.9 Å². The van der Waals surface area contributed by atoms with Crippen LogP contribution in [0.25, 0.3) is 0 Å². The van der Waals surface area contributed by atoms with Gasteiger partial charge >= 0.3 is 0 Å². The number of guanidine groups is 1. The highest BCUT2D eigenvalue weighted by Crippen LogP contribution is 2.17. The summed E-state index contributed by atoms with van der Waals surface area (Å²) in [5.41, 5.74) is 1.20. The maximum atomic E-state index is 6.05. The summed E-state index contributed by atoms with van der Waals surface area (Å²) in [7, 11) is 1.97. The van der Waals surface area contributed by atoms with Crippen molar-refractivity contribution >= 4 is 29.9 Å². The molecular formula is C22H35IN6O. The van der Waals surface area contributed by atoms with Crippen LogP contribution in [0.1, 0.15) is 56.2 Å². The van der Waals surface area contributed by atoms with Crippen molar-refractivity contribution in [2.45, 2.75) is 71.6 Å². The highest BCUT2D eigenvalue weighted by atomic mass is 127. The summed E-state index contributed by atoms with van der Waals surface area (Å²) in [6, 6.07) is 8.62. The third kappa shape index (κ3) is 7.45. The molecule has 2 aromatic rings. The van der Waals surface area contributed by atoms with Crippen molar-refractivity contribution in [1.82, 2.24) is 25.4 Å². The number of hydrogen-bond acceptors (Lipinski definition) is 4. The summed E-state index contributed by atoms with van der Waals surface area (Å²) in [5.74, 6) is 3.46. The molecule has 3 rings (SSSR count). The summed E-state index contributed by atoms with van der Waals surface area (Å²) in [6.07, 6.45) is 6.29. The molecule has 1 aromatic carbocycles. The van der Waals surface area contributed by atoms with Crippen molar-refractivity contribution in [3.05, 3.63) is 41.5 Å². The topological polar surface area (TPSA) is 76.4 Å². The highest BCUT2D eigenvalue weighted by molar-refractivity contribution is 14.0. The van der Waals surface area contributed by atoms with Crippen LogP contribution in [0.15, 0.2) is 29.3 Å². The van der Waals surface area contributed by atoms with E-state index in [9.17, 15) is 0 Å². The molecule has 8 heteroatoms. The lowest BCUT2D eigenvalue weighted by atomic mass is 9.96. The second-order valence-corrected chi connectivity index (χ2v) is 7.99. The van der Waals surface area contributed by atoms with Crippen LogP contribution in [0.5, 0.6) is 5.75 Å². The van der Waals surface area contributed by atoms with Crippen LogP contribution >= 0.6 is 24.0 Å². The summed E-state index contributed by atoms with van der Waals surface area (Å²) in [4.78, 5) is 4.77. The van der Waals surface area contributed by atoms with Crippen LogP contribution in [0.2, 0.25) is 0 Å². The Bertz CT molecular complexity index is 816. The maximum absolute atomic E-state index is 6.05. The van der Waals surface area contributed by atoms with E-state index in [2.05, 4.69) is 46.8 Å². The number of benzene rings is 1. The van der Waals surface area contributed by atoms with Gasteiger partial charge in [0, 0.05) is 13.1 Å². The molecule has 0 radical (unpaired) electrons. The Morgan fingerprint density at radius 2 is 2.00 bits per heavy atom. The maximum Gasteiger partial charge on any atom is 0.192 e. The monoisotopic (exact) mass is 526 g/mol. The van der Waals surface area contributed by atoms with Gasteiger partial charge in [-0.25, -0.2) is 4.99 Å². The fraction of sp³-hybridized carbons (Fsp3) is 0.591. The number of halogens is 1.